The highest BCUT2D eigenvalue weighted by atomic mass is 19.1. The summed E-state index contributed by atoms with van der Waals surface area (Å²) in [7, 11) is 0. The minimum absolute atomic E-state index is 0.00653. The van der Waals surface area contributed by atoms with E-state index in [1.54, 1.807) is 6.07 Å². The van der Waals surface area contributed by atoms with Crippen molar-refractivity contribution in [3.63, 3.8) is 0 Å². The Morgan fingerprint density at radius 3 is 2.38 bits per heavy atom. The Kier molecular flexibility index (Phi) is 6.39. The van der Waals surface area contributed by atoms with Crippen molar-refractivity contribution in [3.8, 4) is 11.3 Å². The minimum atomic E-state index is -1.21. The number of halogens is 2. The highest BCUT2D eigenvalue weighted by Crippen LogP contribution is 2.22. The SMILES string of the molecule is C[C@H](OC(=O)CCc1ccc(-c2ccccc2)o1)C(=O)Nc1c(F)cccc1F. The lowest BCUT2D eigenvalue weighted by Crippen LogP contribution is -2.30. The standard InChI is InChI=1S/C22H19F2NO4/c1-14(22(27)25-21-17(23)8-5-9-18(21)24)28-20(26)13-11-16-10-12-19(29-16)15-6-3-2-4-7-15/h2-10,12,14H,11,13H2,1H3,(H,25,27)/t14-/m0/s1. The molecule has 1 aromatic heterocycles. The first-order valence-corrected chi connectivity index (χ1v) is 9.02. The van der Waals surface area contributed by atoms with Crippen LogP contribution < -0.4 is 5.32 Å². The molecule has 0 bridgehead atoms. The van der Waals surface area contributed by atoms with Gasteiger partial charge in [0.2, 0.25) is 0 Å². The van der Waals surface area contributed by atoms with Crippen LogP contribution in [0, 0.1) is 11.6 Å². The third kappa shape index (κ3) is 5.28. The van der Waals surface area contributed by atoms with Gasteiger partial charge in [0.1, 0.15) is 28.8 Å². The van der Waals surface area contributed by atoms with Crippen molar-refractivity contribution in [2.45, 2.75) is 25.9 Å². The normalized spacial score (nSPS) is 11.7. The monoisotopic (exact) mass is 399 g/mol. The zero-order valence-corrected chi connectivity index (χ0v) is 15.7. The fourth-order valence-electron chi connectivity index (χ4n) is 2.65. The van der Waals surface area contributed by atoms with Crippen LogP contribution in [-0.4, -0.2) is 18.0 Å². The molecule has 5 nitrogen and oxygen atoms in total. The molecule has 0 fully saturated rings. The van der Waals surface area contributed by atoms with Crippen molar-refractivity contribution in [1.82, 2.24) is 0 Å². The summed E-state index contributed by atoms with van der Waals surface area (Å²) in [6.07, 6.45) is -0.923. The topological polar surface area (TPSA) is 68.5 Å². The van der Waals surface area contributed by atoms with Gasteiger partial charge in [-0.3, -0.25) is 9.59 Å². The fourth-order valence-corrected chi connectivity index (χ4v) is 2.65. The summed E-state index contributed by atoms with van der Waals surface area (Å²) < 4.78 is 37.9. The fraction of sp³-hybridized carbons (Fsp3) is 0.182. The Hall–Kier alpha value is -3.48. The maximum atomic E-state index is 13.6. The summed E-state index contributed by atoms with van der Waals surface area (Å²) in [5, 5.41) is 2.09. The van der Waals surface area contributed by atoms with E-state index in [4.69, 9.17) is 9.15 Å². The van der Waals surface area contributed by atoms with Crippen molar-refractivity contribution >= 4 is 17.6 Å². The average Bonchev–Trinajstić information content (AvgIpc) is 3.19. The van der Waals surface area contributed by atoms with Crippen LogP contribution in [0.1, 0.15) is 19.1 Å². The number of carbonyl (C=O) groups excluding carboxylic acids is 2. The number of furan rings is 1. The second-order valence-electron chi connectivity index (χ2n) is 6.35. The number of hydrogen-bond donors (Lipinski definition) is 1. The van der Waals surface area contributed by atoms with Crippen LogP contribution in [0.25, 0.3) is 11.3 Å². The number of nitrogens with one attached hydrogen (secondary N) is 1. The predicted octanol–water partition coefficient (Wildman–Crippen LogP) is 4.73. The van der Waals surface area contributed by atoms with Gasteiger partial charge < -0.3 is 14.5 Å². The summed E-state index contributed by atoms with van der Waals surface area (Å²) in [4.78, 5) is 24.0. The molecule has 1 heterocycles. The molecule has 1 amide bonds. The van der Waals surface area contributed by atoms with Crippen LogP contribution in [-0.2, 0) is 20.7 Å². The predicted molar refractivity (Wildman–Crippen MR) is 103 cm³/mol. The van der Waals surface area contributed by atoms with E-state index in [1.165, 1.54) is 13.0 Å². The Labute approximate surface area is 166 Å². The van der Waals surface area contributed by atoms with Crippen LogP contribution in [0.15, 0.2) is 65.1 Å². The average molecular weight is 399 g/mol. The first-order chi connectivity index (χ1) is 13.9. The highest BCUT2D eigenvalue weighted by Gasteiger charge is 2.21. The van der Waals surface area contributed by atoms with Crippen LogP contribution in [0.2, 0.25) is 0 Å². The maximum absolute atomic E-state index is 13.6. The van der Waals surface area contributed by atoms with E-state index < -0.39 is 35.3 Å². The van der Waals surface area contributed by atoms with Crippen LogP contribution in [0.5, 0.6) is 0 Å². The molecule has 0 aliphatic heterocycles. The first kappa shape index (κ1) is 20.3. The van der Waals surface area contributed by atoms with Gasteiger partial charge in [0, 0.05) is 12.0 Å². The number of rotatable bonds is 7. The number of aryl methyl sites for hydroxylation is 1. The molecule has 0 aliphatic rings. The van der Waals surface area contributed by atoms with Gasteiger partial charge in [0.25, 0.3) is 5.91 Å². The summed E-state index contributed by atoms with van der Waals surface area (Å²) >= 11 is 0. The molecule has 0 radical (unpaired) electrons. The van der Waals surface area contributed by atoms with Crippen molar-refractivity contribution < 1.29 is 27.5 Å². The molecule has 150 valence electrons. The third-order valence-electron chi connectivity index (χ3n) is 4.18. The first-order valence-electron chi connectivity index (χ1n) is 9.02. The lowest BCUT2D eigenvalue weighted by Gasteiger charge is -2.14. The van der Waals surface area contributed by atoms with Crippen molar-refractivity contribution in [2.24, 2.45) is 0 Å². The minimum Gasteiger partial charge on any atom is -0.461 e. The lowest BCUT2D eigenvalue weighted by molar-refractivity contribution is -0.153. The smallest absolute Gasteiger partial charge is 0.307 e. The van der Waals surface area contributed by atoms with E-state index in [2.05, 4.69) is 5.32 Å². The number of carbonyl (C=O) groups is 2. The molecule has 3 aromatic rings. The van der Waals surface area contributed by atoms with Crippen LogP contribution in [0.3, 0.4) is 0 Å². The van der Waals surface area contributed by atoms with Crippen LogP contribution >= 0.6 is 0 Å². The van der Waals surface area contributed by atoms with Gasteiger partial charge in [-0.2, -0.15) is 0 Å². The Bertz CT molecular complexity index is 981. The Morgan fingerprint density at radius 1 is 1.00 bits per heavy atom. The van der Waals surface area contributed by atoms with E-state index in [0.717, 1.165) is 17.7 Å². The van der Waals surface area contributed by atoms with E-state index in [-0.39, 0.29) is 6.42 Å². The van der Waals surface area contributed by atoms with Gasteiger partial charge in [0.15, 0.2) is 6.10 Å². The number of amides is 1. The molecule has 0 unspecified atom stereocenters. The number of hydrogen-bond acceptors (Lipinski definition) is 4. The molecule has 7 heteroatoms. The molecule has 0 saturated heterocycles. The second kappa shape index (κ2) is 9.14. The van der Waals surface area contributed by atoms with Gasteiger partial charge in [-0.1, -0.05) is 36.4 Å². The van der Waals surface area contributed by atoms with Crippen molar-refractivity contribution in [3.05, 3.63) is 78.1 Å². The van der Waals surface area contributed by atoms with E-state index in [1.807, 2.05) is 36.4 Å². The Balaban J connectivity index is 1.50. The van der Waals surface area contributed by atoms with Gasteiger partial charge in [-0.05, 0) is 31.2 Å². The van der Waals surface area contributed by atoms with Gasteiger partial charge in [0.05, 0.1) is 6.42 Å². The molecule has 29 heavy (non-hydrogen) atoms. The summed E-state index contributed by atoms with van der Waals surface area (Å²) in [6, 6.07) is 16.3. The molecule has 2 aromatic carbocycles. The molecule has 0 aliphatic carbocycles. The zero-order valence-electron chi connectivity index (χ0n) is 15.7. The number of benzene rings is 2. The van der Waals surface area contributed by atoms with Gasteiger partial charge in [-0.25, -0.2) is 8.78 Å². The van der Waals surface area contributed by atoms with E-state index in [0.29, 0.717) is 17.9 Å². The Morgan fingerprint density at radius 2 is 1.69 bits per heavy atom. The molecular weight excluding hydrogens is 380 g/mol. The molecule has 0 spiro atoms. The third-order valence-corrected chi connectivity index (χ3v) is 4.18. The molecule has 3 rings (SSSR count). The van der Waals surface area contributed by atoms with E-state index in [9.17, 15) is 18.4 Å². The second-order valence-corrected chi connectivity index (χ2v) is 6.35. The highest BCUT2D eigenvalue weighted by molar-refractivity contribution is 5.95. The zero-order chi connectivity index (χ0) is 20.8. The van der Waals surface area contributed by atoms with E-state index >= 15 is 0 Å². The summed E-state index contributed by atoms with van der Waals surface area (Å²) in [5.74, 6) is -1.99. The molecular formula is C22H19F2NO4. The summed E-state index contributed by atoms with van der Waals surface area (Å²) in [5.41, 5.74) is 0.344. The number of anilines is 1. The maximum Gasteiger partial charge on any atom is 0.307 e. The molecule has 0 saturated carbocycles. The van der Waals surface area contributed by atoms with Gasteiger partial charge >= 0.3 is 5.97 Å². The number of ether oxygens (including phenoxy) is 1. The quantitative estimate of drug-likeness (QED) is 0.584. The van der Waals surface area contributed by atoms with Crippen molar-refractivity contribution in [2.75, 3.05) is 5.32 Å². The lowest BCUT2D eigenvalue weighted by atomic mass is 10.2. The largest absolute Gasteiger partial charge is 0.461 e. The number of para-hydroxylation sites is 1. The number of esters is 1. The van der Waals surface area contributed by atoms with Gasteiger partial charge in [-0.15, -0.1) is 0 Å². The molecule has 1 N–H and O–H groups in total. The van der Waals surface area contributed by atoms with Crippen LogP contribution in [0.4, 0.5) is 14.5 Å². The van der Waals surface area contributed by atoms with Crippen molar-refractivity contribution in [1.29, 1.82) is 0 Å². The summed E-state index contributed by atoms with van der Waals surface area (Å²) in [6.45, 7) is 1.33. The molecule has 1 atom stereocenters.